The fourth-order valence-corrected chi connectivity index (χ4v) is 2.40. The number of amides is 2. The largest absolute Gasteiger partial charge is 0.490 e. The van der Waals surface area contributed by atoms with Gasteiger partial charge in [0.25, 0.3) is 0 Å². The van der Waals surface area contributed by atoms with Crippen molar-refractivity contribution in [3.63, 3.8) is 0 Å². The highest BCUT2D eigenvalue weighted by atomic mass is 16.5. The molecular weight excluding hydrogens is 308 g/mol. The van der Waals surface area contributed by atoms with Crippen molar-refractivity contribution in [1.82, 2.24) is 10.6 Å². The molecule has 24 heavy (non-hydrogen) atoms. The smallest absolute Gasteiger partial charge is 0.319 e. The average molecular weight is 328 g/mol. The maximum absolute atomic E-state index is 12.3. The molecule has 0 unspecified atom stereocenters. The third-order valence-corrected chi connectivity index (χ3v) is 3.47. The number of esters is 1. The Labute approximate surface area is 140 Å². The van der Waals surface area contributed by atoms with Crippen LogP contribution in [0.5, 0.6) is 5.75 Å². The number of benzene rings is 1. The molecule has 126 valence electrons. The molecule has 0 saturated carbocycles. The predicted molar refractivity (Wildman–Crippen MR) is 90.3 cm³/mol. The first-order valence-electron chi connectivity index (χ1n) is 7.44. The predicted octanol–water partition coefficient (Wildman–Crippen LogP) is 2.46. The lowest BCUT2D eigenvalue weighted by atomic mass is 9.89. The monoisotopic (exact) mass is 328 g/mol. The molecule has 2 amide bonds. The number of hydrogen-bond donors (Lipinski definition) is 2. The summed E-state index contributed by atoms with van der Waals surface area (Å²) >= 11 is 0. The van der Waals surface area contributed by atoms with Crippen molar-refractivity contribution in [1.29, 1.82) is 0 Å². The zero-order valence-electron chi connectivity index (χ0n) is 13.3. The van der Waals surface area contributed by atoms with Gasteiger partial charge in [-0.15, -0.1) is 0 Å². The van der Waals surface area contributed by atoms with Crippen LogP contribution in [0.2, 0.25) is 0 Å². The Morgan fingerprint density at radius 1 is 1.17 bits per heavy atom. The summed E-state index contributed by atoms with van der Waals surface area (Å²) in [5.41, 5.74) is 1.04. The minimum absolute atomic E-state index is 0.0949. The summed E-state index contributed by atoms with van der Waals surface area (Å²) in [4.78, 5) is 24.1. The van der Waals surface area contributed by atoms with Gasteiger partial charge >= 0.3 is 12.0 Å². The summed E-state index contributed by atoms with van der Waals surface area (Å²) in [6, 6.07) is 6.12. The zero-order valence-corrected chi connectivity index (χ0v) is 13.3. The molecule has 1 fully saturated rings. The second kappa shape index (κ2) is 8.01. The van der Waals surface area contributed by atoms with Gasteiger partial charge in [-0.3, -0.25) is 4.79 Å². The van der Waals surface area contributed by atoms with E-state index < -0.39 is 24.0 Å². The average Bonchev–Trinajstić information content (AvgIpc) is 2.57. The van der Waals surface area contributed by atoms with Gasteiger partial charge in [0.15, 0.2) is 0 Å². The molecular formula is C18H20N2O4. The Balaban J connectivity index is 2.23. The molecule has 1 heterocycles. The number of hydrogen-bond acceptors (Lipinski definition) is 4. The first kappa shape index (κ1) is 17.3. The van der Waals surface area contributed by atoms with Crippen molar-refractivity contribution in [3.8, 4) is 5.75 Å². The van der Waals surface area contributed by atoms with Crippen LogP contribution in [-0.4, -0.2) is 25.2 Å². The highest BCUT2D eigenvalue weighted by molar-refractivity contribution is 5.85. The molecule has 2 atom stereocenters. The SMILES string of the molecule is C=CCOC(=O)[C@H]1C(=C)NC(=O)N[C@@H]1c1ccc(OCC=C)cc1. The molecule has 1 aromatic carbocycles. The van der Waals surface area contributed by atoms with E-state index in [1.165, 1.54) is 6.08 Å². The summed E-state index contributed by atoms with van der Waals surface area (Å²) in [5, 5.41) is 5.26. The molecule has 0 aromatic heterocycles. The van der Waals surface area contributed by atoms with Gasteiger partial charge in [-0.2, -0.15) is 0 Å². The Morgan fingerprint density at radius 3 is 2.46 bits per heavy atom. The van der Waals surface area contributed by atoms with Gasteiger partial charge in [0.05, 0.1) is 6.04 Å². The number of rotatable bonds is 7. The highest BCUT2D eigenvalue weighted by Crippen LogP contribution is 2.31. The number of ether oxygens (including phenoxy) is 2. The number of nitrogens with one attached hydrogen (secondary N) is 2. The van der Waals surface area contributed by atoms with E-state index in [9.17, 15) is 9.59 Å². The van der Waals surface area contributed by atoms with E-state index in [2.05, 4.69) is 30.4 Å². The van der Waals surface area contributed by atoms with Gasteiger partial charge in [-0.1, -0.05) is 44.0 Å². The topological polar surface area (TPSA) is 76.7 Å². The maximum atomic E-state index is 12.3. The van der Waals surface area contributed by atoms with E-state index in [1.54, 1.807) is 30.3 Å². The molecule has 0 spiro atoms. The minimum atomic E-state index is -0.734. The fourth-order valence-electron chi connectivity index (χ4n) is 2.40. The fraction of sp³-hybridized carbons (Fsp3) is 0.222. The Hall–Kier alpha value is -3.02. The first-order chi connectivity index (χ1) is 11.6. The number of urea groups is 1. The zero-order chi connectivity index (χ0) is 17.5. The summed E-state index contributed by atoms with van der Waals surface area (Å²) in [5.74, 6) is -0.546. The van der Waals surface area contributed by atoms with Gasteiger partial charge in [0, 0.05) is 5.70 Å². The molecule has 6 heteroatoms. The van der Waals surface area contributed by atoms with Crippen LogP contribution in [0.25, 0.3) is 0 Å². The van der Waals surface area contributed by atoms with Crippen LogP contribution in [0, 0.1) is 5.92 Å². The van der Waals surface area contributed by atoms with Crippen molar-refractivity contribution in [2.45, 2.75) is 6.04 Å². The molecule has 0 aliphatic carbocycles. The van der Waals surface area contributed by atoms with Crippen molar-refractivity contribution >= 4 is 12.0 Å². The highest BCUT2D eigenvalue weighted by Gasteiger charge is 2.38. The van der Waals surface area contributed by atoms with Crippen molar-refractivity contribution < 1.29 is 19.1 Å². The molecule has 1 aromatic rings. The molecule has 1 saturated heterocycles. The molecule has 0 radical (unpaired) electrons. The van der Waals surface area contributed by atoms with Crippen LogP contribution in [0.15, 0.2) is 61.9 Å². The lowest BCUT2D eigenvalue weighted by molar-refractivity contribution is -0.147. The molecule has 2 N–H and O–H groups in total. The quantitative estimate of drug-likeness (QED) is 0.595. The van der Waals surface area contributed by atoms with Crippen LogP contribution >= 0.6 is 0 Å². The standard InChI is InChI=1S/C18H20N2O4/c1-4-10-23-14-8-6-13(7-9-14)16-15(17(21)24-11-5-2)12(3)19-18(22)20-16/h4-9,15-16H,1-3,10-11H2,(H2,19,20,22)/t15-,16+/m0/s1. The van der Waals surface area contributed by atoms with Crippen LogP contribution in [0.3, 0.4) is 0 Å². The maximum Gasteiger partial charge on any atom is 0.319 e. The van der Waals surface area contributed by atoms with Gasteiger partial charge < -0.3 is 20.1 Å². The van der Waals surface area contributed by atoms with Crippen LogP contribution in [0.4, 0.5) is 4.79 Å². The number of carbonyl (C=O) groups excluding carboxylic acids is 2. The van der Waals surface area contributed by atoms with Crippen LogP contribution in [-0.2, 0) is 9.53 Å². The Morgan fingerprint density at radius 2 is 1.83 bits per heavy atom. The third kappa shape index (κ3) is 4.04. The van der Waals surface area contributed by atoms with E-state index in [0.717, 1.165) is 5.56 Å². The van der Waals surface area contributed by atoms with E-state index in [4.69, 9.17) is 9.47 Å². The van der Waals surface area contributed by atoms with E-state index in [1.807, 2.05) is 0 Å². The van der Waals surface area contributed by atoms with Gasteiger partial charge in [0.2, 0.25) is 0 Å². The van der Waals surface area contributed by atoms with E-state index in [0.29, 0.717) is 18.1 Å². The molecule has 0 bridgehead atoms. The van der Waals surface area contributed by atoms with Crippen LogP contribution in [0.1, 0.15) is 11.6 Å². The summed E-state index contributed by atoms with van der Waals surface area (Å²) in [6.45, 7) is 11.4. The van der Waals surface area contributed by atoms with Crippen LogP contribution < -0.4 is 15.4 Å². The normalized spacial score (nSPS) is 19.7. The number of carbonyl (C=O) groups is 2. The molecule has 2 rings (SSSR count). The Kier molecular flexibility index (Phi) is 5.78. The van der Waals surface area contributed by atoms with Gasteiger partial charge in [0.1, 0.15) is 24.9 Å². The molecule has 1 aliphatic rings. The third-order valence-electron chi connectivity index (χ3n) is 3.47. The van der Waals surface area contributed by atoms with Gasteiger partial charge in [-0.05, 0) is 17.7 Å². The first-order valence-corrected chi connectivity index (χ1v) is 7.44. The molecule has 1 aliphatic heterocycles. The summed E-state index contributed by atoms with van der Waals surface area (Å²) in [7, 11) is 0. The van der Waals surface area contributed by atoms with Crippen molar-refractivity contribution in [2.24, 2.45) is 5.92 Å². The molecule has 6 nitrogen and oxygen atoms in total. The second-order valence-electron chi connectivity index (χ2n) is 5.17. The summed E-state index contributed by atoms with van der Waals surface area (Å²) < 4.78 is 10.5. The van der Waals surface area contributed by atoms with Crippen molar-refractivity contribution in [2.75, 3.05) is 13.2 Å². The Bertz CT molecular complexity index is 651. The summed E-state index contributed by atoms with van der Waals surface area (Å²) in [6.07, 6.45) is 3.13. The lowest BCUT2D eigenvalue weighted by Gasteiger charge is -2.33. The van der Waals surface area contributed by atoms with E-state index >= 15 is 0 Å². The van der Waals surface area contributed by atoms with Crippen molar-refractivity contribution in [3.05, 3.63) is 67.4 Å². The second-order valence-corrected chi connectivity index (χ2v) is 5.17. The van der Waals surface area contributed by atoms with E-state index in [-0.39, 0.29) is 6.61 Å². The lowest BCUT2D eigenvalue weighted by Crippen LogP contribution is -2.51. The minimum Gasteiger partial charge on any atom is -0.490 e. The van der Waals surface area contributed by atoms with Gasteiger partial charge in [-0.25, -0.2) is 4.79 Å².